The lowest BCUT2D eigenvalue weighted by Crippen LogP contribution is -2.19. The Kier molecular flexibility index (Phi) is 6.42. The zero-order valence-corrected chi connectivity index (χ0v) is 15.9. The Labute approximate surface area is 147 Å². The van der Waals surface area contributed by atoms with Gasteiger partial charge >= 0.3 is 0 Å². The van der Waals surface area contributed by atoms with Gasteiger partial charge in [0.1, 0.15) is 0 Å². The number of rotatable bonds is 6. The van der Waals surface area contributed by atoms with Crippen LogP contribution in [0.2, 0.25) is 0 Å². The Morgan fingerprint density at radius 2 is 2.04 bits per heavy atom. The molecule has 0 fully saturated rings. The number of hydrogen-bond donors (Lipinski definition) is 1. The lowest BCUT2D eigenvalue weighted by atomic mass is 9.72. The molecule has 0 aliphatic heterocycles. The van der Waals surface area contributed by atoms with Crippen molar-refractivity contribution in [1.29, 1.82) is 0 Å². The van der Waals surface area contributed by atoms with Crippen LogP contribution in [0.3, 0.4) is 0 Å². The molecule has 2 N–H and O–H groups in total. The van der Waals surface area contributed by atoms with Crippen LogP contribution in [0.5, 0.6) is 0 Å². The monoisotopic (exact) mass is 327 g/mol. The summed E-state index contributed by atoms with van der Waals surface area (Å²) in [7, 11) is 1.76. The van der Waals surface area contributed by atoms with Gasteiger partial charge in [-0.3, -0.25) is 0 Å². The first-order valence-electron chi connectivity index (χ1n) is 9.10. The van der Waals surface area contributed by atoms with Crippen LogP contribution in [0.1, 0.15) is 70.6 Å². The van der Waals surface area contributed by atoms with Crippen LogP contribution in [-0.4, -0.2) is 13.2 Å². The summed E-state index contributed by atoms with van der Waals surface area (Å²) in [4.78, 5) is 0. The van der Waals surface area contributed by atoms with Gasteiger partial charge in [-0.1, -0.05) is 49.8 Å². The zero-order chi connectivity index (χ0) is 17.7. The third kappa shape index (κ3) is 4.81. The quantitative estimate of drug-likeness (QED) is 0.732. The summed E-state index contributed by atoms with van der Waals surface area (Å²) in [5, 5.41) is 0. The fourth-order valence-electron chi connectivity index (χ4n) is 3.76. The van der Waals surface area contributed by atoms with Gasteiger partial charge < -0.3 is 10.5 Å². The Hall–Kier alpha value is -1.38. The van der Waals surface area contributed by atoms with Crippen LogP contribution in [0.25, 0.3) is 6.08 Å². The van der Waals surface area contributed by atoms with Crippen LogP contribution < -0.4 is 5.73 Å². The second-order valence-corrected chi connectivity index (χ2v) is 7.87. The van der Waals surface area contributed by atoms with E-state index in [1.165, 1.54) is 41.5 Å². The van der Waals surface area contributed by atoms with E-state index in [1.54, 1.807) is 7.11 Å². The summed E-state index contributed by atoms with van der Waals surface area (Å²) in [6, 6.07) is 8.74. The second kappa shape index (κ2) is 8.13. The first-order chi connectivity index (χ1) is 11.3. The normalized spacial score (nSPS) is 20.4. The van der Waals surface area contributed by atoms with Gasteiger partial charge in [-0.2, -0.15) is 0 Å². The lowest BCUT2D eigenvalue weighted by Gasteiger charge is -2.32. The van der Waals surface area contributed by atoms with E-state index in [1.807, 2.05) is 6.92 Å². The maximum Gasteiger partial charge on any atom is 0.0836 e. The van der Waals surface area contributed by atoms with Crippen molar-refractivity contribution in [3.63, 3.8) is 0 Å². The van der Waals surface area contributed by atoms with Gasteiger partial charge in [0.05, 0.1) is 6.10 Å². The molecule has 2 heteroatoms. The van der Waals surface area contributed by atoms with E-state index in [0.717, 1.165) is 6.42 Å². The van der Waals surface area contributed by atoms with Crippen molar-refractivity contribution in [3.05, 3.63) is 52.6 Å². The first-order valence-corrected chi connectivity index (χ1v) is 9.10. The molecule has 1 aliphatic rings. The maximum atomic E-state index is 5.95. The van der Waals surface area contributed by atoms with E-state index >= 15 is 0 Å². The molecule has 2 atom stereocenters. The molecule has 0 radical (unpaired) electrons. The minimum atomic E-state index is 0.0606. The van der Waals surface area contributed by atoms with Gasteiger partial charge in [0.2, 0.25) is 0 Å². The minimum absolute atomic E-state index is 0.0606. The van der Waals surface area contributed by atoms with Crippen LogP contribution in [0.15, 0.2) is 41.5 Å². The summed E-state index contributed by atoms with van der Waals surface area (Å²) in [5.41, 5.74) is 11.7. The van der Waals surface area contributed by atoms with Crippen molar-refractivity contribution in [2.45, 2.75) is 65.5 Å². The molecule has 2 nitrogen and oxygen atoms in total. The van der Waals surface area contributed by atoms with Gasteiger partial charge in [0, 0.05) is 13.2 Å². The van der Waals surface area contributed by atoms with Crippen LogP contribution in [0, 0.1) is 5.41 Å². The second-order valence-electron chi connectivity index (χ2n) is 7.87. The smallest absolute Gasteiger partial charge is 0.0836 e. The largest absolute Gasteiger partial charge is 0.377 e. The fourth-order valence-corrected chi connectivity index (χ4v) is 3.76. The maximum absolute atomic E-state index is 5.95. The van der Waals surface area contributed by atoms with Crippen molar-refractivity contribution in [2.24, 2.45) is 11.1 Å². The van der Waals surface area contributed by atoms with Gasteiger partial charge in [-0.05, 0) is 67.7 Å². The molecular formula is C22H33NO. The number of allylic oxidation sites excluding steroid dienone is 3. The average molecular weight is 328 g/mol. The molecule has 2 unspecified atom stereocenters. The van der Waals surface area contributed by atoms with Gasteiger partial charge in [-0.15, -0.1) is 0 Å². The lowest BCUT2D eigenvalue weighted by molar-refractivity contribution is 0.0909. The number of hydrogen-bond acceptors (Lipinski definition) is 2. The summed E-state index contributed by atoms with van der Waals surface area (Å²) in [5.74, 6) is 0. The van der Waals surface area contributed by atoms with E-state index in [4.69, 9.17) is 10.5 Å². The van der Waals surface area contributed by atoms with Crippen LogP contribution >= 0.6 is 0 Å². The molecule has 0 spiro atoms. The van der Waals surface area contributed by atoms with Gasteiger partial charge in [-0.25, -0.2) is 0 Å². The molecule has 24 heavy (non-hydrogen) atoms. The zero-order valence-electron chi connectivity index (χ0n) is 15.9. The van der Waals surface area contributed by atoms with E-state index in [0.29, 0.717) is 0 Å². The number of methoxy groups -OCH3 is 1. The molecule has 1 aromatic carbocycles. The number of benzene rings is 1. The summed E-state index contributed by atoms with van der Waals surface area (Å²) in [6.07, 6.45) is 9.26. The van der Waals surface area contributed by atoms with Crippen molar-refractivity contribution in [1.82, 2.24) is 0 Å². The standard InChI is InChI=1S/C22H33NO/c1-16-8-7-13-22(3,4)20(16)12-11-18-9-6-10-19(15-18)21(24-5)14-17(2)23/h6,9-12,15,17,21H,7-8,13-14,23H2,1-5H3. The first kappa shape index (κ1) is 19.0. The third-order valence-electron chi connectivity index (χ3n) is 5.14. The van der Waals surface area contributed by atoms with Crippen molar-refractivity contribution in [3.8, 4) is 0 Å². The molecule has 0 saturated heterocycles. The summed E-state index contributed by atoms with van der Waals surface area (Å²) >= 11 is 0. The molecule has 1 aromatic rings. The highest BCUT2D eigenvalue weighted by Crippen LogP contribution is 2.41. The summed E-state index contributed by atoms with van der Waals surface area (Å²) in [6.45, 7) is 9.02. The van der Waals surface area contributed by atoms with E-state index in [-0.39, 0.29) is 17.6 Å². The Bertz CT molecular complexity index is 610. The topological polar surface area (TPSA) is 35.2 Å². The summed E-state index contributed by atoms with van der Waals surface area (Å²) < 4.78 is 5.63. The average Bonchev–Trinajstić information content (AvgIpc) is 2.51. The van der Waals surface area contributed by atoms with Crippen molar-refractivity contribution >= 4 is 6.08 Å². The minimum Gasteiger partial charge on any atom is -0.377 e. The molecule has 0 amide bonds. The molecule has 1 aliphatic carbocycles. The molecule has 2 rings (SSSR count). The van der Waals surface area contributed by atoms with Crippen LogP contribution in [-0.2, 0) is 4.74 Å². The Morgan fingerprint density at radius 1 is 1.29 bits per heavy atom. The van der Waals surface area contributed by atoms with Crippen molar-refractivity contribution < 1.29 is 4.74 Å². The number of nitrogens with two attached hydrogens (primary N) is 1. The fraction of sp³-hybridized carbons (Fsp3) is 0.545. The highest BCUT2D eigenvalue weighted by molar-refractivity contribution is 5.55. The molecule has 0 bridgehead atoms. The third-order valence-corrected chi connectivity index (χ3v) is 5.14. The highest BCUT2D eigenvalue weighted by atomic mass is 16.5. The molecule has 0 heterocycles. The highest BCUT2D eigenvalue weighted by Gasteiger charge is 2.26. The van der Waals surface area contributed by atoms with E-state index in [2.05, 4.69) is 57.2 Å². The molecule has 132 valence electrons. The van der Waals surface area contributed by atoms with Crippen LogP contribution in [0.4, 0.5) is 0 Å². The predicted molar refractivity (Wildman–Crippen MR) is 104 cm³/mol. The van der Waals surface area contributed by atoms with Gasteiger partial charge in [0.25, 0.3) is 0 Å². The SMILES string of the molecule is COC(CC(C)N)c1cccc(C=CC2=C(C)CCCC2(C)C)c1. The van der Waals surface area contributed by atoms with Gasteiger partial charge in [0.15, 0.2) is 0 Å². The molecule has 0 saturated carbocycles. The molecule has 0 aromatic heterocycles. The Morgan fingerprint density at radius 3 is 2.67 bits per heavy atom. The molecular weight excluding hydrogens is 294 g/mol. The Balaban J connectivity index is 2.23. The van der Waals surface area contributed by atoms with E-state index in [9.17, 15) is 0 Å². The number of ether oxygens (including phenoxy) is 1. The van der Waals surface area contributed by atoms with Crippen molar-refractivity contribution in [2.75, 3.05) is 7.11 Å². The predicted octanol–water partition coefficient (Wildman–Crippen LogP) is 5.65. The van der Waals surface area contributed by atoms with E-state index < -0.39 is 0 Å².